The van der Waals surface area contributed by atoms with Crippen LogP contribution in [0.5, 0.6) is 0 Å². The Labute approximate surface area is 118 Å². The largest absolute Gasteiger partial charge is 0.481 e. The van der Waals surface area contributed by atoms with Crippen LogP contribution in [-0.4, -0.2) is 35.5 Å². The minimum atomic E-state index is -0.831. The first kappa shape index (κ1) is 15.5. The molecule has 0 unspecified atom stereocenters. The molecule has 0 atom stereocenters. The maximum Gasteiger partial charge on any atom is 0.303 e. The number of carboxylic acid groups (broad SMARTS) is 1. The molecule has 0 spiro atoms. The number of nitrogens with zero attached hydrogens (tertiary/aromatic N) is 1. The van der Waals surface area contributed by atoms with Crippen LogP contribution in [0.4, 0.5) is 0 Å². The second kappa shape index (κ2) is 7.79. The van der Waals surface area contributed by atoms with Crippen molar-refractivity contribution in [2.45, 2.75) is 25.7 Å². The van der Waals surface area contributed by atoms with Crippen molar-refractivity contribution in [3.05, 3.63) is 34.9 Å². The van der Waals surface area contributed by atoms with Crippen LogP contribution in [0.2, 0.25) is 5.02 Å². The van der Waals surface area contributed by atoms with Crippen molar-refractivity contribution in [3.8, 4) is 0 Å². The fraction of sp³-hybridized carbons (Fsp3) is 0.429. The van der Waals surface area contributed by atoms with Gasteiger partial charge in [0.15, 0.2) is 0 Å². The predicted molar refractivity (Wildman–Crippen MR) is 74.3 cm³/mol. The highest BCUT2D eigenvalue weighted by atomic mass is 35.5. The smallest absolute Gasteiger partial charge is 0.303 e. The van der Waals surface area contributed by atoms with E-state index >= 15 is 0 Å². The molecule has 4 nitrogen and oxygen atoms in total. The van der Waals surface area contributed by atoms with Crippen molar-refractivity contribution in [2.75, 3.05) is 13.6 Å². The number of carboxylic acids is 1. The van der Waals surface area contributed by atoms with Crippen molar-refractivity contribution in [1.82, 2.24) is 4.90 Å². The van der Waals surface area contributed by atoms with Crippen LogP contribution in [0.25, 0.3) is 0 Å². The zero-order chi connectivity index (χ0) is 14.3. The lowest BCUT2D eigenvalue weighted by molar-refractivity contribution is -0.138. The molecule has 0 heterocycles. The lowest BCUT2D eigenvalue weighted by atomic mass is 10.1. The fourth-order valence-electron chi connectivity index (χ4n) is 1.69. The number of hydrogen-bond acceptors (Lipinski definition) is 2. The van der Waals surface area contributed by atoms with Gasteiger partial charge in [-0.1, -0.05) is 23.7 Å². The van der Waals surface area contributed by atoms with E-state index in [2.05, 4.69) is 0 Å². The van der Waals surface area contributed by atoms with Gasteiger partial charge in [-0.25, -0.2) is 0 Å². The summed E-state index contributed by atoms with van der Waals surface area (Å²) in [7, 11) is 1.70. The minimum absolute atomic E-state index is 0.0281. The molecule has 0 aliphatic carbocycles. The third-order valence-corrected chi connectivity index (χ3v) is 3.10. The summed E-state index contributed by atoms with van der Waals surface area (Å²) in [6, 6.07) is 7.41. The monoisotopic (exact) mass is 283 g/mol. The Morgan fingerprint density at radius 2 is 1.84 bits per heavy atom. The molecule has 0 aromatic heterocycles. The molecule has 19 heavy (non-hydrogen) atoms. The summed E-state index contributed by atoms with van der Waals surface area (Å²) in [6.07, 6.45) is 1.66. The van der Waals surface area contributed by atoms with Crippen LogP contribution >= 0.6 is 11.6 Å². The van der Waals surface area contributed by atoms with Crippen LogP contribution in [-0.2, 0) is 16.0 Å². The Hall–Kier alpha value is -1.55. The predicted octanol–water partition coefficient (Wildman–Crippen LogP) is 2.60. The van der Waals surface area contributed by atoms with Gasteiger partial charge in [0.25, 0.3) is 0 Å². The number of aliphatic carboxylic acids is 1. The second-order valence-electron chi connectivity index (χ2n) is 4.44. The zero-order valence-electron chi connectivity index (χ0n) is 10.9. The Kier molecular flexibility index (Phi) is 6.36. The molecule has 1 aromatic carbocycles. The van der Waals surface area contributed by atoms with Crippen LogP contribution in [0.3, 0.4) is 0 Å². The summed E-state index contributed by atoms with van der Waals surface area (Å²) in [5, 5.41) is 9.21. The Morgan fingerprint density at radius 3 is 2.42 bits per heavy atom. The second-order valence-corrected chi connectivity index (χ2v) is 4.88. The minimum Gasteiger partial charge on any atom is -0.481 e. The van der Waals surface area contributed by atoms with E-state index in [4.69, 9.17) is 16.7 Å². The van der Waals surface area contributed by atoms with Crippen LogP contribution < -0.4 is 0 Å². The van der Waals surface area contributed by atoms with Crippen molar-refractivity contribution in [2.24, 2.45) is 0 Å². The number of aryl methyl sites for hydroxylation is 1. The first-order valence-electron chi connectivity index (χ1n) is 6.19. The van der Waals surface area contributed by atoms with Gasteiger partial charge in [0, 0.05) is 31.5 Å². The molecule has 104 valence electrons. The van der Waals surface area contributed by atoms with E-state index in [1.807, 2.05) is 12.1 Å². The average Bonchev–Trinajstić information content (AvgIpc) is 2.37. The first-order chi connectivity index (χ1) is 8.99. The highest BCUT2D eigenvalue weighted by Crippen LogP contribution is 2.11. The maximum atomic E-state index is 11.8. The molecule has 1 N–H and O–H groups in total. The van der Waals surface area contributed by atoms with E-state index in [1.165, 1.54) is 0 Å². The number of benzene rings is 1. The van der Waals surface area contributed by atoms with Gasteiger partial charge in [0.1, 0.15) is 0 Å². The van der Waals surface area contributed by atoms with E-state index in [9.17, 15) is 9.59 Å². The number of halogens is 1. The summed E-state index contributed by atoms with van der Waals surface area (Å²) < 4.78 is 0. The van der Waals surface area contributed by atoms with E-state index < -0.39 is 5.97 Å². The number of amides is 1. The lowest BCUT2D eigenvalue weighted by Gasteiger charge is -2.16. The molecule has 0 saturated carbocycles. The highest BCUT2D eigenvalue weighted by Gasteiger charge is 2.09. The molecule has 0 aliphatic rings. The van der Waals surface area contributed by atoms with E-state index in [0.29, 0.717) is 30.8 Å². The summed E-state index contributed by atoms with van der Waals surface area (Å²) in [5.41, 5.74) is 1.07. The third-order valence-electron chi connectivity index (χ3n) is 2.85. The number of carbonyl (C=O) groups excluding carboxylic acids is 1. The molecular formula is C14H18ClNO3. The Morgan fingerprint density at radius 1 is 1.21 bits per heavy atom. The number of rotatable bonds is 7. The fourth-order valence-corrected chi connectivity index (χ4v) is 1.81. The third kappa shape index (κ3) is 6.25. The number of carbonyl (C=O) groups is 2. The normalized spacial score (nSPS) is 10.2. The van der Waals surface area contributed by atoms with E-state index in [1.54, 1.807) is 24.1 Å². The molecule has 0 radical (unpaired) electrons. The highest BCUT2D eigenvalue weighted by molar-refractivity contribution is 6.30. The van der Waals surface area contributed by atoms with Gasteiger partial charge < -0.3 is 10.0 Å². The Balaban J connectivity index is 2.30. The standard InChI is InChI=1S/C14H18ClNO3/c1-16(10-2-3-14(18)19)13(17)9-6-11-4-7-12(15)8-5-11/h4-5,7-8H,2-3,6,9-10H2,1H3,(H,18,19). The molecule has 1 rings (SSSR count). The molecular weight excluding hydrogens is 266 g/mol. The summed E-state index contributed by atoms with van der Waals surface area (Å²) in [5.74, 6) is -0.803. The summed E-state index contributed by atoms with van der Waals surface area (Å²) >= 11 is 5.78. The van der Waals surface area contributed by atoms with Crippen LogP contribution in [0.1, 0.15) is 24.8 Å². The van der Waals surface area contributed by atoms with E-state index in [-0.39, 0.29) is 12.3 Å². The molecule has 0 bridgehead atoms. The number of hydrogen-bond donors (Lipinski definition) is 1. The molecule has 1 aromatic rings. The van der Waals surface area contributed by atoms with Crippen LogP contribution in [0, 0.1) is 0 Å². The van der Waals surface area contributed by atoms with Crippen molar-refractivity contribution in [1.29, 1.82) is 0 Å². The summed E-state index contributed by atoms with van der Waals surface area (Å²) in [6.45, 7) is 0.478. The van der Waals surface area contributed by atoms with Gasteiger partial charge in [0.05, 0.1) is 0 Å². The molecule has 0 saturated heterocycles. The van der Waals surface area contributed by atoms with Gasteiger partial charge in [-0.15, -0.1) is 0 Å². The summed E-state index contributed by atoms with van der Waals surface area (Å²) in [4.78, 5) is 23.8. The zero-order valence-corrected chi connectivity index (χ0v) is 11.7. The van der Waals surface area contributed by atoms with Gasteiger partial charge in [0.2, 0.25) is 5.91 Å². The Bertz CT molecular complexity index is 431. The van der Waals surface area contributed by atoms with Crippen molar-refractivity contribution < 1.29 is 14.7 Å². The first-order valence-corrected chi connectivity index (χ1v) is 6.57. The van der Waals surface area contributed by atoms with Gasteiger partial charge in [-0.05, 0) is 30.5 Å². The molecule has 0 fully saturated rings. The van der Waals surface area contributed by atoms with E-state index in [0.717, 1.165) is 5.56 Å². The molecule has 1 amide bonds. The average molecular weight is 284 g/mol. The quantitative estimate of drug-likeness (QED) is 0.837. The maximum absolute atomic E-state index is 11.8. The van der Waals surface area contributed by atoms with Gasteiger partial charge >= 0.3 is 5.97 Å². The van der Waals surface area contributed by atoms with Crippen molar-refractivity contribution >= 4 is 23.5 Å². The van der Waals surface area contributed by atoms with Crippen molar-refractivity contribution in [3.63, 3.8) is 0 Å². The van der Waals surface area contributed by atoms with Gasteiger partial charge in [-0.3, -0.25) is 9.59 Å². The van der Waals surface area contributed by atoms with Gasteiger partial charge in [-0.2, -0.15) is 0 Å². The lowest BCUT2D eigenvalue weighted by Crippen LogP contribution is -2.28. The van der Waals surface area contributed by atoms with Crippen LogP contribution in [0.15, 0.2) is 24.3 Å². The topological polar surface area (TPSA) is 57.6 Å². The molecule has 5 heteroatoms. The SMILES string of the molecule is CN(CCCC(=O)O)C(=O)CCc1ccc(Cl)cc1. The molecule has 0 aliphatic heterocycles.